The number of hydrogen-bond acceptors (Lipinski definition) is 5. The van der Waals surface area contributed by atoms with Crippen LogP contribution in [0.2, 0.25) is 0 Å². The second kappa shape index (κ2) is 5.28. The van der Waals surface area contributed by atoms with Crippen LogP contribution in [-0.2, 0) is 0 Å². The van der Waals surface area contributed by atoms with Gasteiger partial charge in [-0.3, -0.25) is 0 Å². The Hall–Kier alpha value is -1.82. The van der Waals surface area contributed by atoms with Crippen LogP contribution >= 0.6 is 0 Å². The van der Waals surface area contributed by atoms with Crippen molar-refractivity contribution < 1.29 is 5.11 Å². The van der Waals surface area contributed by atoms with Crippen molar-refractivity contribution >= 4 is 17.3 Å². The molecular weight excluding hydrogens is 254 g/mol. The fourth-order valence-corrected chi connectivity index (χ4v) is 2.77. The van der Waals surface area contributed by atoms with E-state index in [9.17, 15) is 5.11 Å². The molecule has 6 nitrogen and oxygen atoms in total. The summed E-state index contributed by atoms with van der Waals surface area (Å²) in [5, 5.41) is 13.0. The molecule has 3 rings (SSSR count). The van der Waals surface area contributed by atoms with Gasteiger partial charge in [0.05, 0.1) is 12.3 Å². The van der Waals surface area contributed by atoms with Crippen molar-refractivity contribution in [3.63, 3.8) is 0 Å². The van der Waals surface area contributed by atoms with Gasteiger partial charge in [0, 0.05) is 37.9 Å². The monoisotopic (exact) mass is 275 g/mol. The highest BCUT2D eigenvalue weighted by Gasteiger charge is 2.28. The van der Waals surface area contributed by atoms with Crippen LogP contribution in [0.3, 0.4) is 0 Å². The maximum atomic E-state index is 9.75. The third-order valence-electron chi connectivity index (χ3n) is 3.92. The lowest BCUT2D eigenvalue weighted by Crippen LogP contribution is -2.25. The van der Waals surface area contributed by atoms with E-state index in [1.807, 2.05) is 23.7 Å². The molecule has 0 amide bonds. The maximum absolute atomic E-state index is 9.75. The molecule has 1 fully saturated rings. The summed E-state index contributed by atoms with van der Waals surface area (Å²) >= 11 is 0. The van der Waals surface area contributed by atoms with Gasteiger partial charge in [0.2, 0.25) is 0 Å². The molecule has 0 aromatic carbocycles. The van der Waals surface area contributed by atoms with E-state index in [4.69, 9.17) is 0 Å². The number of imidazole rings is 1. The number of aromatic nitrogens is 3. The van der Waals surface area contributed by atoms with Gasteiger partial charge in [0.25, 0.3) is 0 Å². The van der Waals surface area contributed by atoms with Crippen LogP contribution in [0.15, 0.2) is 18.6 Å². The molecule has 1 aliphatic heterocycles. The SMILES string of the molecule is CCNc1cn2ccnc2c(N2CCC(C(C)O)C2)n1. The molecule has 0 saturated carbocycles. The van der Waals surface area contributed by atoms with E-state index in [1.165, 1.54) is 0 Å². The van der Waals surface area contributed by atoms with Crippen molar-refractivity contribution in [2.45, 2.75) is 26.4 Å². The van der Waals surface area contributed by atoms with Crippen LogP contribution in [0.1, 0.15) is 20.3 Å². The first-order valence-corrected chi connectivity index (χ1v) is 7.19. The fourth-order valence-electron chi connectivity index (χ4n) is 2.77. The Labute approximate surface area is 118 Å². The lowest BCUT2D eigenvalue weighted by Gasteiger charge is -2.20. The van der Waals surface area contributed by atoms with Crippen molar-refractivity contribution in [1.29, 1.82) is 0 Å². The minimum atomic E-state index is -0.271. The van der Waals surface area contributed by atoms with Crippen LogP contribution in [0.4, 0.5) is 11.6 Å². The smallest absolute Gasteiger partial charge is 0.180 e. The lowest BCUT2D eigenvalue weighted by molar-refractivity contribution is 0.136. The molecule has 2 aromatic rings. The summed E-state index contributed by atoms with van der Waals surface area (Å²) in [6.07, 6.45) is 6.41. The average Bonchev–Trinajstić information content (AvgIpc) is 3.07. The molecule has 0 spiro atoms. The highest BCUT2D eigenvalue weighted by atomic mass is 16.3. The second-order valence-corrected chi connectivity index (χ2v) is 5.37. The van der Waals surface area contributed by atoms with Crippen molar-refractivity contribution in [3.05, 3.63) is 18.6 Å². The van der Waals surface area contributed by atoms with Gasteiger partial charge in [-0.1, -0.05) is 0 Å². The summed E-state index contributed by atoms with van der Waals surface area (Å²) in [6, 6.07) is 0. The molecule has 6 heteroatoms. The molecule has 0 aliphatic carbocycles. The van der Waals surface area contributed by atoms with Crippen LogP contribution in [-0.4, -0.2) is 45.2 Å². The third kappa shape index (κ3) is 2.31. The predicted octanol–water partition coefficient (Wildman–Crippen LogP) is 1.37. The first kappa shape index (κ1) is 13.2. The Balaban J connectivity index is 1.95. The van der Waals surface area contributed by atoms with Gasteiger partial charge in [-0.05, 0) is 20.3 Å². The predicted molar refractivity (Wildman–Crippen MR) is 79.2 cm³/mol. The van der Waals surface area contributed by atoms with Crippen LogP contribution in [0, 0.1) is 5.92 Å². The summed E-state index contributed by atoms with van der Waals surface area (Å²) < 4.78 is 2.00. The van der Waals surface area contributed by atoms with Gasteiger partial charge in [-0.25, -0.2) is 9.97 Å². The number of nitrogens with zero attached hydrogens (tertiary/aromatic N) is 4. The molecular formula is C14H21N5O. The van der Waals surface area contributed by atoms with Gasteiger partial charge in [0.15, 0.2) is 11.5 Å². The highest BCUT2D eigenvalue weighted by Crippen LogP contribution is 2.28. The topological polar surface area (TPSA) is 65.7 Å². The highest BCUT2D eigenvalue weighted by molar-refractivity contribution is 5.67. The molecule has 0 radical (unpaired) electrons. The standard InChI is InChI=1S/C14H21N5O/c1-3-15-12-9-19-7-5-16-13(19)14(17-12)18-6-4-11(8-18)10(2)20/h5,7,9-11,15,20H,3-4,6,8H2,1-2H3. The van der Waals surface area contributed by atoms with Gasteiger partial charge in [-0.15, -0.1) is 0 Å². The number of hydrogen-bond donors (Lipinski definition) is 2. The number of nitrogens with one attached hydrogen (secondary N) is 1. The number of anilines is 2. The molecule has 20 heavy (non-hydrogen) atoms. The first-order valence-electron chi connectivity index (χ1n) is 7.19. The van der Waals surface area contributed by atoms with Crippen molar-refractivity contribution in [2.75, 3.05) is 29.9 Å². The summed E-state index contributed by atoms with van der Waals surface area (Å²) in [7, 11) is 0. The number of aliphatic hydroxyl groups is 1. The fraction of sp³-hybridized carbons (Fsp3) is 0.571. The maximum Gasteiger partial charge on any atom is 0.180 e. The molecule has 2 aromatic heterocycles. The Bertz CT molecular complexity index is 594. The summed E-state index contributed by atoms with van der Waals surface area (Å²) in [5.41, 5.74) is 0.873. The molecule has 1 aliphatic rings. The Kier molecular flexibility index (Phi) is 3.48. The molecule has 0 bridgehead atoms. The van der Waals surface area contributed by atoms with Gasteiger partial charge in [-0.2, -0.15) is 0 Å². The largest absolute Gasteiger partial charge is 0.393 e. The van der Waals surface area contributed by atoms with E-state index in [2.05, 4.69) is 27.1 Å². The van der Waals surface area contributed by atoms with Gasteiger partial charge < -0.3 is 19.7 Å². The number of aliphatic hydroxyl groups excluding tert-OH is 1. The van der Waals surface area contributed by atoms with Crippen molar-refractivity contribution in [3.8, 4) is 0 Å². The molecule has 2 N–H and O–H groups in total. The van der Waals surface area contributed by atoms with Gasteiger partial charge in [0.1, 0.15) is 5.82 Å². The van der Waals surface area contributed by atoms with E-state index in [0.717, 1.165) is 43.3 Å². The third-order valence-corrected chi connectivity index (χ3v) is 3.92. The minimum absolute atomic E-state index is 0.271. The second-order valence-electron chi connectivity index (χ2n) is 5.37. The van der Waals surface area contributed by atoms with Gasteiger partial charge >= 0.3 is 0 Å². The first-order chi connectivity index (χ1) is 9.69. The summed E-state index contributed by atoms with van der Waals surface area (Å²) in [5.74, 6) is 2.07. The molecule has 3 heterocycles. The molecule has 1 saturated heterocycles. The normalized spacial score (nSPS) is 20.6. The average molecular weight is 275 g/mol. The summed E-state index contributed by atoms with van der Waals surface area (Å²) in [4.78, 5) is 11.3. The number of fused-ring (bicyclic) bond motifs is 1. The zero-order valence-electron chi connectivity index (χ0n) is 12.0. The molecule has 108 valence electrons. The van der Waals surface area contributed by atoms with E-state index in [-0.39, 0.29) is 6.10 Å². The molecule has 2 atom stereocenters. The van der Waals surface area contributed by atoms with Crippen molar-refractivity contribution in [2.24, 2.45) is 5.92 Å². The van der Waals surface area contributed by atoms with Crippen LogP contribution in [0.5, 0.6) is 0 Å². The van der Waals surface area contributed by atoms with E-state index >= 15 is 0 Å². The van der Waals surface area contributed by atoms with Crippen molar-refractivity contribution in [1.82, 2.24) is 14.4 Å². The van der Waals surface area contributed by atoms with E-state index in [1.54, 1.807) is 6.20 Å². The zero-order valence-corrected chi connectivity index (χ0v) is 12.0. The Morgan fingerprint density at radius 3 is 3.10 bits per heavy atom. The van der Waals surface area contributed by atoms with Crippen LogP contribution in [0.25, 0.3) is 5.65 Å². The molecule has 2 unspecified atom stereocenters. The quantitative estimate of drug-likeness (QED) is 0.882. The van der Waals surface area contributed by atoms with Crippen LogP contribution < -0.4 is 10.2 Å². The van der Waals surface area contributed by atoms with E-state index in [0.29, 0.717) is 5.92 Å². The number of rotatable bonds is 4. The summed E-state index contributed by atoms with van der Waals surface area (Å²) in [6.45, 7) is 6.51. The minimum Gasteiger partial charge on any atom is -0.393 e. The van der Waals surface area contributed by atoms with E-state index < -0.39 is 0 Å². The lowest BCUT2D eigenvalue weighted by atomic mass is 10.0. The Morgan fingerprint density at radius 2 is 2.40 bits per heavy atom. The zero-order chi connectivity index (χ0) is 14.1. The Morgan fingerprint density at radius 1 is 1.55 bits per heavy atom.